The maximum Gasteiger partial charge on any atom is 0.259 e. The van der Waals surface area contributed by atoms with Crippen LogP contribution in [-0.2, 0) is 11.3 Å². The number of benzene rings is 2. The van der Waals surface area contributed by atoms with E-state index >= 15 is 4.39 Å². The van der Waals surface area contributed by atoms with E-state index in [0.29, 0.717) is 25.3 Å². The summed E-state index contributed by atoms with van der Waals surface area (Å²) in [5.41, 5.74) is 7.61. The topological polar surface area (TPSA) is 100 Å². The number of nitrogens with two attached hydrogens (primary N) is 1. The molecule has 1 fully saturated rings. The Morgan fingerprint density at radius 2 is 1.79 bits per heavy atom. The highest BCUT2D eigenvalue weighted by atomic mass is 19.1. The maximum atomic E-state index is 15.1. The third kappa shape index (κ3) is 4.70. The number of H-pyrrole nitrogens is 1. The van der Waals surface area contributed by atoms with Crippen molar-refractivity contribution in [1.29, 1.82) is 0 Å². The zero-order chi connectivity index (χ0) is 27.1. The normalized spacial score (nSPS) is 14.0. The summed E-state index contributed by atoms with van der Waals surface area (Å²) in [7, 11) is 3.88. The number of hydrogen-bond donors (Lipinski definition) is 2. The fourth-order valence-electron chi connectivity index (χ4n) is 4.77. The quantitative estimate of drug-likeness (QED) is 0.409. The van der Waals surface area contributed by atoms with Crippen LogP contribution in [-0.4, -0.2) is 60.3 Å². The number of anilines is 2. The number of rotatable bonds is 5. The van der Waals surface area contributed by atoms with Gasteiger partial charge in [0.15, 0.2) is 5.82 Å². The van der Waals surface area contributed by atoms with Crippen molar-refractivity contribution in [3.8, 4) is 22.5 Å². The van der Waals surface area contributed by atoms with Gasteiger partial charge in [0.25, 0.3) is 5.56 Å². The van der Waals surface area contributed by atoms with Crippen molar-refractivity contribution in [3.05, 3.63) is 69.5 Å². The largest absolute Gasteiger partial charge is 0.382 e. The molecule has 1 aliphatic heterocycles. The lowest BCUT2D eigenvalue weighted by molar-refractivity contribution is 0.122. The van der Waals surface area contributed by atoms with E-state index in [2.05, 4.69) is 19.9 Å². The fourth-order valence-corrected chi connectivity index (χ4v) is 4.77. The molecule has 5 rings (SSSR count). The van der Waals surface area contributed by atoms with Crippen molar-refractivity contribution < 1.29 is 17.9 Å². The predicted octanol–water partition coefficient (Wildman–Crippen LogP) is 3.86. The van der Waals surface area contributed by atoms with Crippen LogP contribution in [0.25, 0.3) is 33.3 Å². The second-order valence-electron chi connectivity index (χ2n) is 9.55. The van der Waals surface area contributed by atoms with Gasteiger partial charge in [-0.05, 0) is 50.8 Å². The number of aromatic amines is 1. The molecule has 2 aromatic heterocycles. The Labute approximate surface area is 216 Å². The number of halogens is 3. The summed E-state index contributed by atoms with van der Waals surface area (Å²) >= 11 is 0. The van der Waals surface area contributed by atoms with E-state index in [1.54, 1.807) is 6.07 Å². The van der Waals surface area contributed by atoms with Gasteiger partial charge in [0, 0.05) is 41.8 Å². The smallest absolute Gasteiger partial charge is 0.259 e. The van der Waals surface area contributed by atoms with E-state index in [1.807, 2.05) is 31.1 Å². The van der Waals surface area contributed by atoms with Crippen LogP contribution < -0.4 is 16.2 Å². The van der Waals surface area contributed by atoms with Gasteiger partial charge in [-0.25, -0.2) is 13.8 Å². The first kappa shape index (κ1) is 25.7. The monoisotopic (exact) mass is 524 g/mol. The Morgan fingerprint density at radius 3 is 2.50 bits per heavy atom. The molecule has 0 aliphatic carbocycles. The number of pyridine rings is 1. The Balaban J connectivity index is 1.65. The molecule has 1 aliphatic rings. The molecule has 3 N–H and O–H groups in total. The SMILES string of the molecule is Cc1[nH]c(=O)c2c(F)cc(-c3nc(-c4ccc(N5CCOCC5)c(CN(C)C)c4)c(F)nc3N)cc2c1F. The summed E-state index contributed by atoms with van der Waals surface area (Å²) in [5, 5.41) is -0.644. The molecule has 0 spiro atoms. The predicted molar refractivity (Wildman–Crippen MR) is 140 cm³/mol. The highest BCUT2D eigenvalue weighted by Gasteiger charge is 2.21. The summed E-state index contributed by atoms with van der Waals surface area (Å²) in [6.07, 6.45) is 0. The van der Waals surface area contributed by atoms with Crippen molar-refractivity contribution in [3.63, 3.8) is 0 Å². The summed E-state index contributed by atoms with van der Waals surface area (Å²) in [5.74, 6) is -2.90. The molecule has 0 unspecified atom stereocenters. The fraction of sp³-hybridized carbons (Fsp3) is 0.296. The van der Waals surface area contributed by atoms with Crippen LogP contribution in [0.2, 0.25) is 0 Å². The van der Waals surface area contributed by atoms with Crippen LogP contribution in [0, 0.1) is 24.5 Å². The zero-order valence-electron chi connectivity index (χ0n) is 21.2. The molecule has 38 heavy (non-hydrogen) atoms. The number of nitrogens with one attached hydrogen (secondary N) is 1. The van der Waals surface area contributed by atoms with Crippen molar-refractivity contribution in [2.75, 3.05) is 51.0 Å². The molecule has 198 valence electrons. The molecule has 0 atom stereocenters. The summed E-state index contributed by atoms with van der Waals surface area (Å²) in [4.78, 5) is 27.0. The van der Waals surface area contributed by atoms with Gasteiger partial charge in [0.2, 0.25) is 5.95 Å². The van der Waals surface area contributed by atoms with Crippen molar-refractivity contribution >= 4 is 22.3 Å². The van der Waals surface area contributed by atoms with Gasteiger partial charge in [-0.3, -0.25) is 4.79 Å². The van der Waals surface area contributed by atoms with E-state index in [-0.39, 0.29) is 33.8 Å². The van der Waals surface area contributed by atoms with Gasteiger partial charge in [-0.1, -0.05) is 6.07 Å². The second kappa shape index (κ2) is 10.1. The first-order chi connectivity index (χ1) is 18.1. The van der Waals surface area contributed by atoms with Gasteiger partial charge >= 0.3 is 0 Å². The van der Waals surface area contributed by atoms with Crippen LogP contribution in [0.3, 0.4) is 0 Å². The summed E-state index contributed by atoms with van der Waals surface area (Å²) in [6, 6.07) is 7.81. The third-order valence-electron chi connectivity index (χ3n) is 6.53. The summed E-state index contributed by atoms with van der Waals surface area (Å²) in [6.45, 7) is 4.70. The van der Waals surface area contributed by atoms with Gasteiger partial charge in [0.1, 0.15) is 23.0 Å². The molecule has 1 saturated heterocycles. The van der Waals surface area contributed by atoms with Gasteiger partial charge < -0.3 is 25.3 Å². The molecular weight excluding hydrogens is 497 g/mol. The Kier molecular flexibility index (Phi) is 6.80. The highest BCUT2D eigenvalue weighted by Crippen LogP contribution is 2.34. The molecule has 11 heteroatoms. The number of hydrogen-bond acceptors (Lipinski definition) is 7. The average molecular weight is 525 g/mol. The van der Waals surface area contributed by atoms with Crippen LogP contribution in [0.4, 0.5) is 24.7 Å². The molecule has 0 amide bonds. The molecule has 3 heterocycles. The number of aryl methyl sites for hydroxylation is 1. The zero-order valence-corrected chi connectivity index (χ0v) is 21.2. The maximum absolute atomic E-state index is 15.1. The molecule has 2 aromatic carbocycles. The molecule has 0 radical (unpaired) electrons. The number of fused-ring (bicyclic) bond motifs is 1. The highest BCUT2D eigenvalue weighted by molar-refractivity contribution is 5.89. The number of ether oxygens (including phenoxy) is 1. The van der Waals surface area contributed by atoms with Crippen LogP contribution in [0.15, 0.2) is 35.1 Å². The van der Waals surface area contributed by atoms with E-state index in [9.17, 15) is 13.6 Å². The van der Waals surface area contributed by atoms with Crippen LogP contribution in [0.5, 0.6) is 0 Å². The number of aromatic nitrogens is 3. The van der Waals surface area contributed by atoms with Crippen molar-refractivity contribution in [2.45, 2.75) is 13.5 Å². The van der Waals surface area contributed by atoms with E-state index in [1.165, 1.54) is 13.0 Å². The third-order valence-corrected chi connectivity index (χ3v) is 6.53. The van der Waals surface area contributed by atoms with Crippen molar-refractivity contribution in [2.24, 2.45) is 0 Å². The first-order valence-electron chi connectivity index (χ1n) is 12.1. The minimum atomic E-state index is -0.951. The van der Waals surface area contributed by atoms with Crippen molar-refractivity contribution in [1.82, 2.24) is 19.9 Å². The Morgan fingerprint density at radius 1 is 1.05 bits per heavy atom. The number of nitrogen functional groups attached to an aromatic ring is 1. The minimum Gasteiger partial charge on any atom is -0.382 e. The lowest BCUT2D eigenvalue weighted by atomic mass is 10.0. The Bertz CT molecular complexity index is 1600. The number of nitrogens with zero attached hydrogens (tertiary/aromatic N) is 4. The van der Waals surface area contributed by atoms with Crippen LogP contribution in [0.1, 0.15) is 11.3 Å². The van der Waals surface area contributed by atoms with Gasteiger partial charge in [0.05, 0.1) is 24.3 Å². The molecule has 0 bridgehead atoms. The standard InChI is InChI=1S/C27H27F3N6O2/c1-14-22(29)18-11-16(12-19(28)21(18)27(37)32-14)24-26(31)34-25(30)23(33-24)15-4-5-20(17(10-15)13-35(2)3)36-6-8-38-9-7-36/h4-5,10-12H,6-9,13H2,1-3H3,(H2,31,34)(H,32,37). The second-order valence-corrected chi connectivity index (χ2v) is 9.55. The van der Waals surface area contributed by atoms with Gasteiger partial charge in [-0.15, -0.1) is 0 Å². The molecule has 4 aromatic rings. The minimum absolute atomic E-state index is 0.0223. The lowest BCUT2D eigenvalue weighted by Gasteiger charge is -2.31. The molecule has 8 nitrogen and oxygen atoms in total. The number of morpholine rings is 1. The van der Waals surface area contributed by atoms with Gasteiger partial charge in [-0.2, -0.15) is 9.37 Å². The Hall–Kier alpha value is -3.96. The van der Waals surface area contributed by atoms with E-state index < -0.39 is 28.5 Å². The van der Waals surface area contributed by atoms with Crippen LogP contribution >= 0.6 is 0 Å². The first-order valence-corrected chi connectivity index (χ1v) is 12.1. The summed E-state index contributed by atoms with van der Waals surface area (Å²) < 4.78 is 50.4. The lowest BCUT2D eigenvalue weighted by Crippen LogP contribution is -2.37. The molecule has 0 saturated carbocycles. The average Bonchev–Trinajstić information content (AvgIpc) is 2.87. The van der Waals surface area contributed by atoms with E-state index in [4.69, 9.17) is 10.5 Å². The van der Waals surface area contributed by atoms with E-state index in [0.717, 1.165) is 30.4 Å². The molecular formula is C27H27F3N6O2.